The predicted octanol–water partition coefficient (Wildman–Crippen LogP) is 2.75. The molecule has 0 aliphatic rings. The highest BCUT2D eigenvalue weighted by Crippen LogP contribution is 2.31. The second-order valence-corrected chi connectivity index (χ2v) is 3.20. The van der Waals surface area contributed by atoms with E-state index in [2.05, 4.69) is 9.72 Å². The zero-order valence-corrected chi connectivity index (χ0v) is 8.62. The van der Waals surface area contributed by atoms with Gasteiger partial charge in [0.2, 0.25) is 0 Å². The third-order valence-corrected chi connectivity index (χ3v) is 2.01. The first kappa shape index (κ1) is 12.4. The van der Waals surface area contributed by atoms with Crippen LogP contribution < -0.4 is 10.5 Å². The molecule has 2 N–H and O–H groups in total. The van der Waals surface area contributed by atoms with Crippen LogP contribution in [0, 0.1) is 0 Å². The van der Waals surface area contributed by atoms with E-state index in [4.69, 9.17) is 28.9 Å². The molecule has 1 heterocycles. The van der Waals surface area contributed by atoms with Gasteiger partial charge in [0.05, 0.1) is 0 Å². The van der Waals surface area contributed by atoms with E-state index >= 15 is 0 Å². The minimum absolute atomic E-state index is 0.0444. The summed E-state index contributed by atoms with van der Waals surface area (Å²) in [6, 6.07) is 1.01. The Morgan fingerprint density at radius 2 is 1.93 bits per heavy atom. The Kier molecular flexibility index (Phi) is 3.64. The number of halogens is 5. The van der Waals surface area contributed by atoms with Gasteiger partial charge in [0.1, 0.15) is 5.15 Å². The molecule has 0 aliphatic heterocycles. The van der Waals surface area contributed by atoms with E-state index in [0.29, 0.717) is 0 Å². The molecule has 0 radical (unpaired) electrons. The van der Waals surface area contributed by atoms with Gasteiger partial charge in [0.15, 0.2) is 10.9 Å². The predicted molar refractivity (Wildman–Crippen MR) is 48.8 cm³/mol. The number of nitrogens with zero attached hydrogens (tertiary/aromatic N) is 1. The van der Waals surface area contributed by atoms with Crippen molar-refractivity contribution in [3.8, 4) is 5.75 Å². The van der Waals surface area contributed by atoms with Gasteiger partial charge in [0.25, 0.3) is 0 Å². The van der Waals surface area contributed by atoms with Crippen molar-refractivity contribution in [1.29, 1.82) is 0 Å². The summed E-state index contributed by atoms with van der Waals surface area (Å²) in [6.07, 6.45) is -4.83. The standard InChI is InChI=1S/C7H5Cl2F3N2O/c8-5-3(2-13)1-4(6(9)14-5)15-7(10,11)12/h1H,2,13H2. The van der Waals surface area contributed by atoms with Crippen molar-refractivity contribution in [2.24, 2.45) is 5.73 Å². The van der Waals surface area contributed by atoms with Crippen molar-refractivity contribution in [3.63, 3.8) is 0 Å². The first-order valence-electron chi connectivity index (χ1n) is 3.64. The molecule has 0 unspecified atom stereocenters. The van der Waals surface area contributed by atoms with Crippen molar-refractivity contribution in [3.05, 3.63) is 21.9 Å². The molecular weight excluding hydrogens is 256 g/mol. The number of hydrogen-bond acceptors (Lipinski definition) is 3. The monoisotopic (exact) mass is 260 g/mol. The Hall–Kier alpha value is -0.720. The van der Waals surface area contributed by atoms with Gasteiger partial charge < -0.3 is 10.5 Å². The van der Waals surface area contributed by atoms with Crippen LogP contribution in [-0.2, 0) is 6.54 Å². The van der Waals surface area contributed by atoms with Gasteiger partial charge in [-0.1, -0.05) is 23.2 Å². The highest BCUT2D eigenvalue weighted by atomic mass is 35.5. The summed E-state index contributed by atoms with van der Waals surface area (Å²) in [4.78, 5) is 3.45. The van der Waals surface area contributed by atoms with Crippen LogP contribution in [0.5, 0.6) is 5.75 Å². The van der Waals surface area contributed by atoms with Crippen LogP contribution in [0.25, 0.3) is 0 Å². The normalized spacial score (nSPS) is 11.6. The highest BCUT2D eigenvalue weighted by molar-refractivity contribution is 6.33. The van der Waals surface area contributed by atoms with Crippen molar-refractivity contribution < 1.29 is 17.9 Å². The van der Waals surface area contributed by atoms with Crippen molar-refractivity contribution in [1.82, 2.24) is 4.98 Å². The first-order chi connectivity index (χ1) is 6.83. The summed E-state index contributed by atoms with van der Waals surface area (Å²) in [5.74, 6) is -0.617. The first-order valence-corrected chi connectivity index (χ1v) is 4.40. The molecule has 3 nitrogen and oxygen atoms in total. The molecule has 84 valence electrons. The number of aromatic nitrogens is 1. The lowest BCUT2D eigenvalue weighted by molar-refractivity contribution is -0.274. The van der Waals surface area contributed by atoms with Crippen LogP contribution >= 0.6 is 23.2 Å². The lowest BCUT2D eigenvalue weighted by atomic mass is 10.3. The fourth-order valence-electron chi connectivity index (χ4n) is 0.830. The molecule has 0 saturated heterocycles. The maximum atomic E-state index is 11.9. The average Bonchev–Trinajstić information content (AvgIpc) is 2.07. The Bertz CT molecular complexity index is 370. The minimum atomic E-state index is -4.83. The van der Waals surface area contributed by atoms with Crippen LogP contribution in [0.3, 0.4) is 0 Å². The molecule has 15 heavy (non-hydrogen) atoms. The Morgan fingerprint density at radius 3 is 2.40 bits per heavy atom. The third-order valence-electron chi connectivity index (χ3n) is 1.42. The van der Waals surface area contributed by atoms with Crippen LogP contribution in [-0.4, -0.2) is 11.3 Å². The average molecular weight is 261 g/mol. The van der Waals surface area contributed by atoms with E-state index in [1.807, 2.05) is 0 Å². The van der Waals surface area contributed by atoms with Crippen LogP contribution in [0.2, 0.25) is 10.3 Å². The van der Waals surface area contributed by atoms with Gasteiger partial charge in [-0.3, -0.25) is 0 Å². The van der Waals surface area contributed by atoms with E-state index in [1.165, 1.54) is 0 Å². The SMILES string of the molecule is NCc1cc(OC(F)(F)F)c(Cl)nc1Cl. The summed E-state index contributed by atoms with van der Waals surface area (Å²) >= 11 is 11.0. The van der Waals surface area contributed by atoms with Crippen molar-refractivity contribution in [2.75, 3.05) is 0 Å². The van der Waals surface area contributed by atoms with E-state index in [1.54, 1.807) is 0 Å². The zero-order chi connectivity index (χ0) is 11.6. The lowest BCUT2D eigenvalue weighted by Crippen LogP contribution is -2.18. The van der Waals surface area contributed by atoms with Crippen LogP contribution in [0.4, 0.5) is 13.2 Å². The Labute approximate surface area is 92.9 Å². The molecule has 0 saturated carbocycles. The molecule has 0 atom stereocenters. The molecule has 1 aromatic heterocycles. The maximum absolute atomic E-state index is 11.9. The molecule has 1 aromatic rings. The number of pyridine rings is 1. The zero-order valence-electron chi connectivity index (χ0n) is 7.11. The maximum Gasteiger partial charge on any atom is 0.573 e. The Morgan fingerprint density at radius 1 is 1.33 bits per heavy atom. The smallest absolute Gasteiger partial charge is 0.402 e. The largest absolute Gasteiger partial charge is 0.573 e. The third kappa shape index (κ3) is 3.40. The van der Waals surface area contributed by atoms with Crippen molar-refractivity contribution >= 4 is 23.2 Å². The fourth-order valence-corrected chi connectivity index (χ4v) is 1.27. The van der Waals surface area contributed by atoms with E-state index < -0.39 is 17.3 Å². The number of ether oxygens (including phenoxy) is 1. The number of rotatable bonds is 2. The summed E-state index contributed by atoms with van der Waals surface area (Å²) in [6.45, 7) is -0.0583. The van der Waals surface area contributed by atoms with Crippen LogP contribution in [0.15, 0.2) is 6.07 Å². The molecule has 0 spiro atoms. The fraction of sp³-hybridized carbons (Fsp3) is 0.286. The summed E-state index contributed by atoms with van der Waals surface area (Å²) < 4.78 is 39.3. The molecule has 0 fully saturated rings. The van der Waals surface area contributed by atoms with E-state index in [9.17, 15) is 13.2 Å². The van der Waals surface area contributed by atoms with Gasteiger partial charge in [-0.05, 0) is 6.07 Å². The molecule has 8 heteroatoms. The van der Waals surface area contributed by atoms with Gasteiger partial charge in [-0.15, -0.1) is 13.2 Å². The second-order valence-electron chi connectivity index (χ2n) is 2.48. The van der Waals surface area contributed by atoms with E-state index in [0.717, 1.165) is 6.07 Å². The van der Waals surface area contributed by atoms with Gasteiger partial charge in [-0.25, -0.2) is 4.98 Å². The van der Waals surface area contributed by atoms with Gasteiger partial charge in [0, 0.05) is 12.1 Å². The van der Waals surface area contributed by atoms with E-state index in [-0.39, 0.29) is 17.3 Å². The molecule has 0 aromatic carbocycles. The van der Waals surface area contributed by atoms with Crippen LogP contribution in [0.1, 0.15) is 5.56 Å². The molecule has 0 bridgehead atoms. The second kappa shape index (κ2) is 4.42. The number of hydrogen-bond donors (Lipinski definition) is 1. The lowest BCUT2D eigenvalue weighted by Gasteiger charge is -2.11. The van der Waals surface area contributed by atoms with Gasteiger partial charge in [-0.2, -0.15) is 0 Å². The quantitative estimate of drug-likeness (QED) is 0.832. The minimum Gasteiger partial charge on any atom is -0.402 e. The number of nitrogens with two attached hydrogens (primary N) is 1. The highest BCUT2D eigenvalue weighted by Gasteiger charge is 2.32. The summed E-state index contributed by atoms with van der Waals surface area (Å²) in [5.41, 5.74) is 5.45. The van der Waals surface area contributed by atoms with Gasteiger partial charge >= 0.3 is 6.36 Å². The molecule has 1 rings (SSSR count). The van der Waals surface area contributed by atoms with Crippen molar-refractivity contribution in [2.45, 2.75) is 12.9 Å². The summed E-state index contributed by atoms with van der Waals surface area (Å²) in [5, 5.41) is -0.508. The molecular formula is C7H5Cl2F3N2O. The molecule has 0 amide bonds. The summed E-state index contributed by atoms with van der Waals surface area (Å²) in [7, 11) is 0. The number of alkyl halides is 3. The topological polar surface area (TPSA) is 48.1 Å². The Balaban J connectivity index is 3.08. The molecule has 0 aliphatic carbocycles.